The van der Waals surface area contributed by atoms with E-state index in [0.29, 0.717) is 24.9 Å². The number of hydrogen-bond donors (Lipinski definition) is 4. The Kier molecular flexibility index (Phi) is 17.0. The molecule has 0 radical (unpaired) electrons. The van der Waals surface area contributed by atoms with Crippen LogP contribution in [0, 0.1) is 17.3 Å². The molecule has 0 aromatic rings. The maximum absolute atomic E-state index is 11.7. The number of imide groups is 1. The average Bonchev–Trinajstić information content (AvgIpc) is 3.22. The fourth-order valence-corrected chi connectivity index (χ4v) is 4.19. The van der Waals surface area contributed by atoms with Crippen molar-refractivity contribution in [2.24, 2.45) is 22.4 Å². The van der Waals surface area contributed by atoms with Gasteiger partial charge in [0.2, 0.25) is 11.8 Å². The number of nitrogens with zero attached hydrogens (tertiary/aromatic N) is 2. The van der Waals surface area contributed by atoms with Crippen molar-refractivity contribution >= 4 is 41.3 Å². The third-order valence-electron chi connectivity index (χ3n) is 7.15. The number of hydrogen-bond acceptors (Lipinski definition) is 9. The van der Waals surface area contributed by atoms with Gasteiger partial charge in [-0.1, -0.05) is 24.7 Å². The number of carbonyl (C=O) groups is 6. The summed E-state index contributed by atoms with van der Waals surface area (Å²) in [6, 6.07) is 0. The Bertz CT molecular complexity index is 1010. The molecule has 2 atom stereocenters. The molecule has 3 rings (SSSR count). The second kappa shape index (κ2) is 19.3. The monoisotopic (exact) mass is 789 g/mol. The molecule has 1 heterocycles. The molecule has 0 saturated heterocycles. The van der Waals surface area contributed by atoms with Crippen molar-refractivity contribution < 1.29 is 69.5 Å². The van der Waals surface area contributed by atoms with Crippen LogP contribution in [-0.4, -0.2) is 109 Å². The minimum Gasteiger partial charge on any atom is -0.677 e. The summed E-state index contributed by atoms with van der Waals surface area (Å²) in [5.41, 5.74) is 14.7. The molecule has 17 heteroatoms. The summed E-state index contributed by atoms with van der Waals surface area (Å²) in [5.74, 6) is -3.38. The molecule has 0 unspecified atom stereocenters. The summed E-state index contributed by atoms with van der Waals surface area (Å²) in [6.45, 7) is 2.10. The number of amides is 4. The van der Waals surface area contributed by atoms with Crippen LogP contribution >= 0.6 is 0 Å². The number of carboxylic acid groups (broad SMARTS) is 2. The van der Waals surface area contributed by atoms with Crippen LogP contribution < -0.4 is 10.7 Å². The molecule has 0 spiro atoms. The molecule has 3 aliphatic rings. The van der Waals surface area contributed by atoms with E-state index in [4.69, 9.17) is 31.2 Å². The average molecular weight is 790 g/mol. The van der Waals surface area contributed by atoms with E-state index in [1.807, 2.05) is 0 Å². The normalized spacial score (nSPS) is 19.7. The Morgan fingerprint density at radius 1 is 0.884 bits per heavy atom. The zero-order chi connectivity index (χ0) is 31.1. The second-order valence-electron chi connectivity index (χ2n) is 10.0. The van der Waals surface area contributed by atoms with E-state index in [1.54, 1.807) is 0 Å². The number of nitrogens with one attached hydrogen (secondary N) is 4. The van der Waals surface area contributed by atoms with E-state index in [2.05, 4.69) is 15.8 Å². The molecule has 2 aliphatic carbocycles. The first-order valence-corrected chi connectivity index (χ1v) is 13.6. The molecule has 0 aromatic heterocycles. The van der Waals surface area contributed by atoms with E-state index < -0.39 is 35.1 Å². The van der Waals surface area contributed by atoms with Gasteiger partial charge in [0.15, 0.2) is 5.41 Å². The van der Waals surface area contributed by atoms with Gasteiger partial charge in [0.25, 0.3) is 11.8 Å². The number of ether oxygens (including phenoxy) is 2. The van der Waals surface area contributed by atoms with E-state index >= 15 is 0 Å². The molecule has 1 aliphatic heterocycles. The van der Waals surface area contributed by atoms with Gasteiger partial charge in [-0.15, -0.1) is 13.1 Å². The Labute approximate surface area is 263 Å². The Hall–Kier alpha value is -3.04. The fraction of sp³-hybridized carbons (Fsp3) is 0.654. The molecule has 242 valence electrons. The first-order valence-electron chi connectivity index (χ1n) is 13.6. The third kappa shape index (κ3) is 11.9. The van der Waals surface area contributed by atoms with E-state index in [-0.39, 0.29) is 97.9 Å². The van der Waals surface area contributed by atoms with Crippen LogP contribution in [0.1, 0.15) is 38.5 Å². The van der Waals surface area contributed by atoms with Gasteiger partial charge in [-0.05, 0) is 0 Å². The Morgan fingerprint density at radius 2 is 1.42 bits per heavy atom. The van der Waals surface area contributed by atoms with Gasteiger partial charge < -0.3 is 36.5 Å². The predicted molar refractivity (Wildman–Crippen MR) is 147 cm³/mol. The van der Waals surface area contributed by atoms with Crippen LogP contribution in [-0.2, 0) is 59.3 Å². The van der Waals surface area contributed by atoms with Gasteiger partial charge in [-0.25, -0.2) is 5.43 Å². The van der Waals surface area contributed by atoms with Crippen molar-refractivity contribution in [1.82, 2.24) is 15.6 Å². The third-order valence-corrected chi connectivity index (χ3v) is 7.15. The molecule has 6 N–H and O–H groups in total. The zero-order valence-electron chi connectivity index (χ0n) is 23.6. The molecule has 2 fully saturated rings. The van der Waals surface area contributed by atoms with Crippen LogP contribution in [0.25, 0.3) is 11.5 Å². The fourth-order valence-electron chi connectivity index (χ4n) is 4.19. The standard InChI is InChI=1S/C20H26N4O10.C6H12N2.Pt/c25-14(3-6-24-16(27)1-2-17(24)28)21-5-8-34-10-9-33-7-4-15(26)23-22-13-11-20(12-13,18(29)30)19(31)32;7-3-5-1-2-6(5)4-8;/h1-2H,3-12H2,(H,21,25)(H,23,26)(H,29,30)(H,31,32);5-8H,1-4H2;/q;-2;+2/t;5-,6-;/m.0./s1. The first-order chi connectivity index (χ1) is 20.0. The summed E-state index contributed by atoms with van der Waals surface area (Å²) in [4.78, 5) is 69.2. The summed E-state index contributed by atoms with van der Waals surface area (Å²) < 4.78 is 10.5. The van der Waals surface area contributed by atoms with E-state index in [9.17, 15) is 28.8 Å². The molecule has 16 nitrogen and oxygen atoms in total. The zero-order valence-corrected chi connectivity index (χ0v) is 25.9. The van der Waals surface area contributed by atoms with Gasteiger partial charge in [0.05, 0.1) is 32.8 Å². The Balaban J connectivity index is 0.000000885. The minimum atomic E-state index is -1.87. The molecule has 0 bridgehead atoms. The van der Waals surface area contributed by atoms with Crippen LogP contribution in [0.3, 0.4) is 0 Å². The Morgan fingerprint density at radius 3 is 1.91 bits per heavy atom. The molecule has 43 heavy (non-hydrogen) atoms. The number of aliphatic carboxylic acids is 2. The molecular weight excluding hydrogens is 751 g/mol. The van der Waals surface area contributed by atoms with Gasteiger partial charge in [0, 0.05) is 50.2 Å². The maximum atomic E-state index is 11.7. The van der Waals surface area contributed by atoms with Gasteiger partial charge in [0.1, 0.15) is 0 Å². The molecule has 4 amide bonds. The second-order valence-corrected chi connectivity index (χ2v) is 10.0. The van der Waals surface area contributed by atoms with E-state index in [1.165, 1.54) is 12.8 Å². The molecule has 0 aromatic carbocycles. The maximum Gasteiger partial charge on any atom is 2.00 e. The topological polar surface area (TPSA) is 249 Å². The number of rotatable bonds is 17. The first kappa shape index (κ1) is 38.0. The molecule has 2 saturated carbocycles. The summed E-state index contributed by atoms with van der Waals surface area (Å²) in [7, 11) is 0. The number of carbonyl (C=O) groups excluding carboxylic acids is 4. The SMILES string of the molecule is O=C(CCN1C(=O)C=CC1=O)NCCOCCOCCC(=O)NN=C1CC(C(=O)O)(C(=O)O)C1.[NH-]C[C@@H]1CC[C@H]1C[NH-].[Pt+2]. The number of carboxylic acids is 2. The van der Waals surface area contributed by atoms with Crippen molar-refractivity contribution in [2.75, 3.05) is 52.6 Å². The summed E-state index contributed by atoms with van der Waals surface area (Å²) in [6.07, 6.45) is 4.18. The van der Waals surface area contributed by atoms with Gasteiger partial charge in [-0.2, -0.15) is 5.10 Å². The van der Waals surface area contributed by atoms with Crippen molar-refractivity contribution in [1.29, 1.82) is 0 Å². The number of hydrazone groups is 1. The van der Waals surface area contributed by atoms with Crippen LogP contribution in [0.5, 0.6) is 0 Å². The van der Waals surface area contributed by atoms with Crippen LogP contribution in [0.4, 0.5) is 0 Å². The van der Waals surface area contributed by atoms with Gasteiger partial charge >= 0.3 is 33.0 Å². The predicted octanol–water partition coefficient (Wildman–Crippen LogP) is 0.377. The van der Waals surface area contributed by atoms with Crippen molar-refractivity contribution in [3.05, 3.63) is 23.6 Å². The molecular formula is C26H38N6O10Pt. The van der Waals surface area contributed by atoms with Gasteiger partial charge in [-0.3, -0.25) is 33.7 Å². The minimum absolute atomic E-state index is 0. The van der Waals surface area contributed by atoms with E-state index in [0.717, 1.165) is 17.1 Å². The quantitative estimate of drug-likeness (QED) is 0.0683. The van der Waals surface area contributed by atoms with Crippen molar-refractivity contribution in [2.45, 2.75) is 38.5 Å². The smallest absolute Gasteiger partial charge is 0.677 e. The van der Waals surface area contributed by atoms with Crippen molar-refractivity contribution in [3.8, 4) is 0 Å². The van der Waals surface area contributed by atoms with Crippen molar-refractivity contribution in [3.63, 3.8) is 0 Å². The summed E-state index contributed by atoms with van der Waals surface area (Å²) in [5, 5.41) is 24.3. The van der Waals surface area contributed by atoms with Crippen LogP contribution in [0.15, 0.2) is 17.3 Å². The summed E-state index contributed by atoms with van der Waals surface area (Å²) >= 11 is 0. The largest absolute Gasteiger partial charge is 2.00 e. The van der Waals surface area contributed by atoms with Crippen LogP contribution in [0.2, 0.25) is 0 Å².